The van der Waals surface area contributed by atoms with Crippen molar-refractivity contribution in [2.45, 2.75) is 0 Å². The first-order chi connectivity index (χ1) is 3.64. The van der Waals surface area contributed by atoms with E-state index in [9.17, 15) is 13.2 Å². The fourth-order valence-electron chi connectivity index (χ4n) is 0. The molecule has 0 heterocycles. The minimum atomic E-state index is -2.69. The average Bonchev–Trinajstić information content (AvgIpc) is 1.72. The Bertz CT molecular complexity index is 94.9. The van der Waals surface area contributed by atoms with E-state index in [0.29, 0.717) is 0 Å². The third-order valence-electron chi connectivity index (χ3n) is 0.156. The third-order valence-corrected chi connectivity index (χ3v) is 0.156. The van der Waals surface area contributed by atoms with E-state index in [-0.39, 0.29) is 0 Å². The van der Waals surface area contributed by atoms with Crippen LogP contribution in [-0.4, -0.2) is 5.11 Å². The Kier molecular flexibility index (Phi) is 16.3. The first-order valence-electron chi connectivity index (χ1n) is 1.26. The van der Waals surface area contributed by atoms with Crippen molar-refractivity contribution >= 4 is 0 Å². The van der Waals surface area contributed by atoms with Crippen LogP contribution < -0.4 is 0 Å². The van der Waals surface area contributed by atoms with Gasteiger partial charge in [-0.25, -0.2) is 0 Å². The summed E-state index contributed by atoms with van der Waals surface area (Å²) in [4.78, 5) is 0. The zero-order valence-corrected chi connectivity index (χ0v) is 10.6. The monoisotopic (exact) mass is 391 g/mol. The molecule has 0 aliphatic heterocycles. The van der Waals surface area contributed by atoms with Gasteiger partial charge in [-0.2, -0.15) is 13.2 Å². The number of hydrogen-bond donors (Lipinski definition) is 1. The number of aliphatic hydroxyl groups is 1. The molecule has 0 aliphatic rings. The summed E-state index contributed by atoms with van der Waals surface area (Å²) in [5.41, 5.74) is 0. The van der Waals surface area contributed by atoms with Gasteiger partial charge in [0, 0.05) is 0 Å². The molecule has 0 fully saturated rings. The van der Waals surface area contributed by atoms with Crippen LogP contribution in [0.4, 0.5) is 13.2 Å². The molecular weight excluding hydrogens is 390 g/mol. The summed E-state index contributed by atoms with van der Waals surface area (Å²) < 4.78 is 31.3. The number of hydrogen-bond acceptors (Lipinski definition) is 2. The molecule has 0 atom stereocenters. The molecule has 0 aromatic rings. The average molecular weight is 391 g/mol. The second-order valence-corrected chi connectivity index (χ2v) is 0.551. The van der Waals surface area contributed by atoms with Gasteiger partial charge >= 0.3 is 12.1 Å². The molecule has 48 valence electrons. The van der Waals surface area contributed by atoms with E-state index >= 15 is 0 Å². The summed E-state index contributed by atoms with van der Waals surface area (Å²) in [5.74, 6) is 0. The van der Waals surface area contributed by atoms with Crippen molar-refractivity contribution in [3.05, 3.63) is 18.7 Å². The van der Waals surface area contributed by atoms with Gasteiger partial charge in [0.05, 0.1) is 0 Å². The molecule has 0 aromatic carbocycles. The number of aliphatic hydroxyl groups excluding tert-OH is 1. The van der Waals surface area contributed by atoms with Crippen LogP contribution in [-0.2, 0) is 0 Å². The maximum Gasteiger partial charge on any atom is 0.341 e. The summed E-state index contributed by atoms with van der Waals surface area (Å²) in [6.45, 7) is 4.75. The van der Waals surface area contributed by atoms with E-state index in [2.05, 4.69) is 0 Å². The Morgan fingerprint density at radius 3 is 1.33 bits per heavy atom. The van der Waals surface area contributed by atoms with Crippen molar-refractivity contribution < 1.29 is 18.3 Å². The largest absolute Gasteiger partial charge is 0.512 e. The smallest absolute Gasteiger partial charge is 0.341 e. The van der Waals surface area contributed by atoms with Crippen LogP contribution in [0, 0.1) is 11.8 Å². The minimum absolute atomic E-state index is 0. The standard InChI is InChI=1S/C2HF3O.CN.Rf/c3-1(4)2(5)6;1-2;/h6H;;/q;-1;. The van der Waals surface area contributed by atoms with Crippen LogP contribution in [0.25, 0.3) is 0 Å². The second-order valence-electron chi connectivity index (χ2n) is 0.551. The van der Waals surface area contributed by atoms with Gasteiger partial charge in [-0.05, 0) is 0 Å². The second kappa shape index (κ2) is 9.27. The minimum Gasteiger partial charge on any atom is -0.512 e. The predicted molar refractivity (Wildman–Crippen MR) is 17.9 cm³/mol. The normalized spacial score (nSPS) is 5.44. The fraction of sp³-hybridized carbons (Fsp3) is 0. The molecule has 0 spiro atoms. The quantitative estimate of drug-likeness (QED) is 0.505. The van der Waals surface area contributed by atoms with Crippen LogP contribution >= 0.6 is 0 Å². The van der Waals surface area contributed by atoms with E-state index in [1.54, 1.807) is 0 Å². The molecule has 0 rings (SSSR count). The molecule has 0 saturated heterocycles. The molecule has 6 heteroatoms. The Morgan fingerprint density at radius 2 is 1.33 bits per heavy atom. The summed E-state index contributed by atoms with van der Waals surface area (Å²) in [6.07, 6.45) is -2.69. The van der Waals surface area contributed by atoms with Crippen LogP contribution in [0.3, 0.4) is 0 Å². The zero-order chi connectivity index (χ0) is 7.15. The van der Waals surface area contributed by atoms with Gasteiger partial charge in [0.15, 0.2) is 0 Å². The molecule has 1 N–H and O–H groups in total. The van der Waals surface area contributed by atoms with Gasteiger partial charge in [0.25, 0.3) is 0 Å². The molecule has 9 heavy (non-hydrogen) atoms. The van der Waals surface area contributed by atoms with Crippen molar-refractivity contribution in [2.75, 3.05) is 0 Å². The Morgan fingerprint density at radius 1 is 1.22 bits per heavy atom. The van der Waals surface area contributed by atoms with Gasteiger partial charge in [-0.3, -0.25) is 0 Å². The molecule has 0 aromatic heterocycles. The number of halogens is 3. The number of nitrogens with zero attached hydrogens (tertiary/aromatic N) is 1. The van der Waals surface area contributed by atoms with E-state index in [0.717, 1.165) is 0 Å². The predicted octanol–water partition coefficient (Wildman–Crippen LogP) is 1.68. The molecule has 0 aliphatic carbocycles. The van der Waals surface area contributed by atoms with Crippen molar-refractivity contribution in [3.8, 4) is 0 Å². The SMILES string of the molecule is OC(F)=C(F)F.[C-]#N.[Rf]. The molecule has 0 radical (unpaired) electrons. The Labute approximate surface area is 43.5 Å². The van der Waals surface area contributed by atoms with Crippen LogP contribution in [0.2, 0.25) is 0 Å². The summed E-state index contributed by atoms with van der Waals surface area (Å²) in [7, 11) is 0. The first-order valence-corrected chi connectivity index (χ1v) is 1.26. The van der Waals surface area contributed by atoms with Gasteiger partial charge < -0.3 is 16.9 Å². The van der Waals surface area contributed by atoms with Gasteiger partial charge in [0.1, 0.15) is 0 Å². The van der Waals surface area contributed by atoms with E-state index in [1.165, 1.54) is 0 Å². The van der Waals surface area contributed by atoms with E-state index in [1.807, 2.05) is 0 Å². The molecule has 2 nitrogen and oxygen atoms in total. The van der Waals surface area contributed by atoms with Crippen LogP contribution in [0.1, 0.15) is 0 Å². The van der Waals surface area contributed by atoms with Crippen molar-refractivity contribution in [1.29, 1.82) is 5.26 Å². The van der Waals surface area contributed by atoms with Crippen molar-refractivity contribution in [2.24, 2.45) is 0 Å². The van der Waals surface area contributed by atoms with Gasteiger partial charge in [0.2, 0.25) is 0 Å². The van der Waals surface area contributed by atoms with Crippen LogP contribution in [0.15, 0.2) is 12.1 Å². The molecule has 0 unspecified atom stereocenters. The van der Waals surface area contributed by atoms with Crippen LogP contribution in [0.5, 0.6) is 0 Å². The van der Waals surface area contributed by atoms with E-state index < -0.39 is 12.1 Å². The zero-order valence-electron chi connectivity index (χ0n) is 4.24. The fourth-order valence-corrected chi connectivity index (χ4v) is 0. The first kappa shape index (κ1) is 15.8. The Balaban J connectivity index is -0.000000109. The molecule has 0 bridgehead atoms. The third kappa shape index (κ3) is 25.6. The maximum atomic E-state index is 10.5. The van der Waals surface area contributed by atoms with Gasteiger partial charge in [-0.15, -0.1) is 0 Å². The van der Waals surface area contributed by atoms with Crippen molar-refractivity contribution in [3.63, 3.8) is 0 Å². The van der Waals surface area contributed by atoms with E-state index in [4.69, 9.17) is 16.9 Å². The summed E-state index contributed by atoms with van der Waals surface area (Å²) in [6, 6.07) is -2.41. The van der Waals surface area contributed by atoms with Gasteiger partial charge in [-0.1, -0.05) is 0 Å². The molecule has 0 amide bonds. The topological polar surface area (TPSA) is 44.0 Å². The molecule has 0 saturated carbocycles. The summed E-state index contributed by atoms with van der Waals surface area (Å²) >= 11 is 0. The molecular formula is C3HF3NORf-. The Hall–Kier alpha value is -2.18. The van der Waals surface area contributed by atoms with Crippen molar-refractivity contribution in [1.82, 2.24) is 0 Å². The summed E-state index contributed by atoms with van der Waals surface area (Å²) in [5, 5.41) is 13.3. The maximum absolute atomic E-state index is 10.5. The number of rotatable bonds is 0.